The quantitative estimate of drug-likeness (QED) is 0.780. The third-order valence-corrected chi connectivity index (χ3v) is 3.24. The van der Waals surface area contributed by atoms with Crippen molar-refractivity contribution in [3.63, 3.8) is 0 Å². The van der Waals surface area contributed by atoms with Crippen LogP contribution in [0.4, 0.5) is 5.69 Å². The number of aldehydes is 1. The molecule has 1 rings (SSSR count). The van der Waals surface area contributed by atoms with Crippen molar-refractivity contribution in [1.82, 2.24) is 0 Å². The second-order valence-corrected chi connectivity index (χ2v) is 4.60. The Morgan fingerprint density at radius 1 is 1.53 bits per heavy atom. The van der Waals surface area contributed by atoms with E-state index in [0.29, 0.717) is 6.04 Å². The molecule has 1 aromatic rings. The third kappa shape index (κ3) is 2.81. The Hall–Kier alpha value is -0.830. The van der Waals surface area contributed by atoms with Crippen LogP contribution in [0.3, 0.4) is 0 Å². The Morgan fingerprint density at radius 3 is 2.73 bits per heavy atom. The molecule has 82 valence electrons. The summed E-state index contributed by atoms with van der Waals surface area (Å²) in [5.74, 6) is 0. The van der Waals surface area contributed by atoms with Crippen molar-refractivity contribution in [1.29, 1.82) is 0 Å². The monoisotopic (exact) mass is 269 g/mol. The fourth-order valence-electron chi connectivity index (χ4n) is 1.43. The van der Waals surface area contributed by atoms with E-state index in [9.17, 15) is 4.79 Å². The van der Waals surface area contributed by atoms with Gasteiger partial charge in [-0.2, -0.15) is 0 Å². The molecule has 1 unspecified atom stereocenters. The van der Waals surface area contributed by atoms with Crippen molar-refractivity contribution in [2.45, 2.75) is 26.3 Å². The molecule has 2 nitrogen and oxygen atoms in total. The van der Waals surface area contributed by atoms with Gasteiger partial charge in [-0.15, -0.1) is 0 Å². The first kappa shape index (κ1) is 12.2. The second-order valence-electron chi connectivity index (χ2n) is 3.69. The molecule has 0 aromatic heterocycles. The fourth-order valence-corrected chi connectivity index (χ4v) is 1.78. The summed E-state index contributed by atoms with van der Waals surface area (Å²) in [5.41, 5.74) is 1.72. The maximum absolute atomic E-state index is 10.9. The van der Waals surface area contributed by atoms with Crippen molar-refractivity contribution in [2.75, 3.05) is 11.9 Å². The first-order valence-corrected chi connectivity index (χ1v) is 5.87. The highest BCUT2D eigenvalue weighted by molar-refractivity contribution is 9.10. The summed E-state index contributed by atoms with van der Waals surface area (Å²) >= 11 is 3.42. The van der Waals surface area contributed by atoms with Gasteiger partial charge in [0.2, 0.25) is 0 Å². The lowest BCUT2D eigenvalue weighted by molar-refractivity contribution is 0.112. The predicted molar refractivity (Wildman–Crippen MR) is 67.7 cm³/mol. The number of carbonyl (C=O) groups excluding carboxylic acids is 1. The molecule has 15 heavy (non-hydrogen) atoms. The Kier molecular flexibility index (Phi) is 4.33. The summed E-state index contributed by atoms with van der Waals surface area (Å²) in [6.07, 6.45) is 1.96. The Balaban J connectivity index is 3.10. The average molecular weight is 270 g/mol. The highest BCUT2D eigenvalue weighted by Gasteiger charge is 2.12. The summed E-state index contributed by atoms with van der Waals surface area (Å²) in [5, 5.41) is 0. The van der Waals surface area contributed by atoms with Crippen molar-refractivity contribution >= 4 is 27.9 Å². The van der Waals surface area contributed by atoms with Gasteiger partial charge in [0.25, 0.3) is 0 Å². The van der Waals surface area contributed by atoms with Gasteiger partial charge in [0.05, 0.1) is 0 Å². The van der Waals surface area contributed by atoms with Gasteiger partial charge in [0, 0.05) is 28.8 Å². The van der Waals surface area contributed by atoms with Crippen LogP contribution in [0.2, 0.25) is 0 Å². The fraction of sp³-hybridized carbons (Fsp3) is 0.417. The van der Waals surface area contributed by atoms with Crippen LogP contribution in [0.15, 0.2) is 22.7 Å². The molecule has 0 heterocycles. The van der Waals surface area contributed by atoms with E-state index >= 15 is 0 Å². The van der Waals surface area contributed by atoms with Crippen LogP contribution in [0, 0.1) is 0 Å². The molecule has 0 amide bonds. The van der Waals surface area contributed by atoms with E-state index in [-0.39, 0.29) is 0 Å². The molecule has 0 saturated carbocycles. The van der Waals surface area contributed by atoms with Gasteiger partial charge in [0.1, 0.15) is 0 Å². The number of benzene rings is 1. The number of halogens is 1. The molecule has 0 saturated heterocycles. The molecule has 0 N–H and O–H groups in total. The lowest BCUT2D eigenvalue weighted by Gasteiger charge is -2.27. The molecule has 0 aliphatic carbocycles. The molecule has 1 atom stereocenters. The summed E-state index contributed by atoms with van der Waals surface area (Å²) in [6, 6.07) is 6.14. The number of hydrogen-bond donors (Lipinski definition) is 0. The van der Waals surface area contributed by atoms with E-state index in [1.807, 2.05) is 25.2 Å². The Bertz CT molecular complexity index is 351. The van der Waals surface area contributed by atoms with Crippen LogP contribution in [-0.4, -0.2) is 19.4 Å². The molecule has 0 radical (unpaired) electrons. The third-order valence-electron chi connectivity index (χ3n) is 2.75. The largest absolute Gasteiger partial charge is 0.371 e. The SMILES string of the molecule is CCC(C)N(C)c1cc(Br)ccc1C=O. The standard InChI is InChI=1S/C12H16BrNO/c1-4-9(2)14(3)12-7-11(13)6-5-10(12)8-15/h5-9H,4H2,1-3H3. The number of carbonyl (C=O) groups is 1. The topological polar surface area (TPSA) is 20.3 Å². The van der Waals surface area contributed by atoms with Gasteiger partial charge in [-0.1, -0.05) is 22.9 Å². The van der Waals surface area contributed by atoms with E-state index in [0.717, 1.165) is 28.4 Å². The lowest BCUT2D eigenvalue weighted by Crippen LogP contribution is -2.28. The maximum atomic E-state index is 10.9. The minimum Gasteiger partial charge on any atom is -0.371 e. The normalized spacial score (nSPS) is 12.3. The minimum absolute atomic E-state index is 0.429. The average Bonchev–Trinajstić information content (AvgIpc) is 2.27. The first-order chi connectivity index (χ1) is 7.10. The van der Waals surface area contributed by atoms with Crippen LogP contribution in [0.1, 0.15) is 30.6 Å². The summed E-state index contributed by atoms with van der Waals surface area (Å²) in [6.45, 7) is 4.29. The molecule has 0 aliphatic heterocycles. The van der Waals surface area contributed by atoms with Gasteiger partial charge >= 0.3 is 0 Å². The Labute approximate surface area is 99.4 Å². The zero-order valence-corrected chi connectivity index (χ0v) is 10.9. The highest BCUT2D eigenvalue weighted by Crippen LogP contribution is 2.25. The van der Waals surface area contributed by atoms with Crippen LogP contribution in [0.25, 0.3) is 0 Å². The van der Waals surface area contributed by atoms with E-state index in [1.165, 1.54) is 0 Å². The Morgan fingerprint density at radius 2 is 2.20 bits per heavy atom. The van der Waals surface area contributed by atoms with Crippen molar-refractivity contribution in [2.24, 2.45) is 0 Å². The molecule has 0 bridgehead atoms. The lowest BCUT2D eigenvalue weighted by atomic mass is 10.1. The number of anilines is 1. The van der Waals surface area contributed by atoms with Gasteiger partial charge in [-0.3, -0.25) is 4.79 Å². The number of hydrogen-bond acceptors (Lipinski definition) is 2. The van der Waals surface area contributed by atoms with Crippen molar-refractivity contribution < 1.29 is 4.79 Å². The summed E-state index contributed by atoms with van der Waals surface area (Å²) in [7, 11) is 2.02. The maximum Gasteiger partial charge on any atom is 0.152 e. The van der Waals surface area contributed by atoms with Crippen molar-refractivity contribution in [3.8, 4) is 0 Å². The first-order valence-electron chi connectivity index (χ1n) is 5.07. The van der Waals surface area contributed by atoms with Gasteiger partial charge in [-0.25, -0.2) is 0 Å². The molecule has 0 fully saturated rings. The molecule has 3 heteroatoms. The van der Waals surface area contributed by atoms with Crippen LogP contribution in [0.5, 0.6) is 0 Å². The van der Waals surface area contributed by atoms with E-state index < -0.39 is 0 Å². The predicted octanol–water partition coefficient (Wildman–Crippen LogP) is 3.50. The van der Waals surface area contributed by atoms with E-state index in [2.05, 4.69) is 34.7 Å². The molecular weight excluding hydrogens is 254 g/mol. The minimum atomic E-state index is 0.429. The zero-order chi connectivity index (χ0) is 11.4. The van der Waals surface area contributed by atoms with Gasteiger partial charge in [-0.05, 0) is 31.5 Å². The van der Waals surface area contributed by atoms with Crippen molar-refractivity contribution in [3.05, 3.63) is 28.2 Å². The van der Waals surface area contributed by atoms with Gasteiger partial charge in [0.15, 0.2) is 6.29 Å². The van der Waals surface area contributed by atoms with Crippen LogP contribution in [-0.2, 0) is 0 Å². The number of rotatable bonds is 4. The number of nitrogens with zero attached hydrogens (tertiary/aromatic N) is 1. The molecule has 1 aromatic carbocycles. The smallest absolute Gasteiger partial charge is 0.152 e. The second kappa shape index (κ2) is 5.31. The van der Waals surface area contributed by atoms with Crippen LogP contribution >= 0.6 is 15.9 Å². The highest BCUT2D eigenvalue weighted by atomic mass is 79.9. The van der Waals surface area contributed by atoms with Crippen LogP contribution < -0.4 is 4.90 Å². The summed E-state index contributed by atoms with van der Waals surface area (Å²) < 4.78 is 0.998. The van der Waals surface area contributed by atoms with E-state index in [1.54, 1.807) is 0 Å². The summed E-state index contributed by atoms with van der Waals surface area (Å²) in [4.78, 5) is 13.0. The van der Waals surface area contributed by atoms with Gasteiger partial charge < -0.3 is 4.90 Å². The van der Waals surface area contributed by atoms with E-state index in [4.69, 9.17) is 0 Å². The zero-order valence-electron chi connectivity index (χ0n) is 9.33. The molecular formula is C12H16BrNO. The molecule has 0 spiro atoms. The molecule has 0 aliphatic rings.